The first kappa shape index (κ1) is 15.0. The van der Waals surface area contributed by atoms with E-state index in [1.54, 1.807) is 11.3 Å². The second kappa shape index (κ2) is 5.96. The fourth-order valence-corrected chi connectivity index (χ4v) is 5.33. The van der Waals surface area contributed by atoms with Gasteiger partial charge in [-0.15, -0.1) is 11.3 Å². The quantitative estimate of drug-likeness (QED) is 0.411. The van der Waals surface area contributed by atoms with Crippen LogP contribution in [0.2, 0.25) is 5.02 Å². The van der Waals surface area contributed by atoms with Gasteiger partial charge in [-0.05, 0) is 48.1 Å². The van der Waals surface area contributed by atoms with Gasteiger partial charge in [-0.1, -0.05) is 59.4 Å². The van der Waals surface area contributed by atoms with Crippen molar-refractivity contribution in [2.24, 2.45) is 0 Å². The van der Waals surface area contributed by atoms with E-state index in [2.05, 4.69) is 72.2 Å². The maximum atomic E-state index is 6.33. The number of halogens is 4. The molecule has 0 spiro atoms. The summed E-state index contributed by atoms with van der Waals surface area (Å²) in [5, 5.41) is 2.94. The van der Waals surface area contributed by atoms with E-state index in [1.807, 2.05) is 6.92 Å². The molecule has 2 aromatic rings. The predicted molar refractivity (Wildman–Crippen MR) is 91.4 cm³/mol. The number of hydrogen-bond donors (Lipinski definition) is 0. The molecule has 0 bridgehead atoms. The van der Waals surface area contributed by atoms with Crippen molar-refractivity contribution < 1.29 is 0 Å². The summed E-state index contributed by atoms with van der Waals surface area (Å²) in [6.45, 7) is 4.10. The van der Waals surface area contributed by atoms with Gasteiger partial charge >= 0.3 is 0 Å². The normalized spacial score (nSPS) is 12.8. The van der Waals surface area contributed by atoms with Crippen molar-refractivity contribution >= 4 is 70.7 Å². The smallest absolute Gasteiger partial charge is 0.0764 e. The van der Waals surface area contributed by atoms with E-state index in [9.17, 15) is 0 Å². The Bertz CT molecular complexity index is 592. The van der Waals surface area contributed by atoms with Gasteiger partial charge < -0.3 is 0 Å². The predicted octanol–water partition coefficient (Wildman–Crippen LogP) is 7.03. The third-order valence-corrected chi connectivity index (χ3v) is 7.28. The average Bonchev–Trinajstić information content (AvgIpc) is 2.64. The van der Waals surface area contributed by atoms with Gasteiger partial charge in [0.05, 0.1) is 9.85 Å². The van der Waals surface area contributed by atoms with Gasteiger partial charge in [0.15, 0.2) is 0 Å². The van der Waals surface area contributed by atoms with Crippen molar-refractivity contribution in [3.05, 3.63) is 53.0 Å². The van der Waals surface area contributed by atoms with Crippen LogP contribution in [0.1, 0.15) is 26.4 Å². The molecule has 1 aromatic carbocycles. The van der Waals surface area contributed by atoms with Crippen LogP contribution in [-0.2, 0) is 0 Å². The number of hydrogen-bond acceptors (Lipinski definition) is 1. The minimum atomic E-state index is 0.106. The number of rotatable bonds is 2. The highest BCUT2D eigenvalue weighted by molar-refractivity contribution is 9.11. The van der Waals surface area contributed by atoms with Gasteiger partial charge in [0, 0.05) is 13.8 Å². The van der Waals surface area contributed by atoms with Crippen LogP contribution in [0.15, 0.2) is 26.5 Å². The Labute approximate surface area is 141 Å². The van der Waals surface area contributed by atoms with E-state index in [-0.39, 0.29) is 4.83 Å². The van der Waals surface area contributed by atoms with Crippen LogP contribution in [0, 0.1) is 13.8 Å². The number of alkyl halides is 1. The third-order valence-electron chi connectivity index (χ3n) is 2.71. The Hall–Kier alpha value is 0.650. The minimum absolute atomic E-state index is 0.106. The van der Waals surface area contributed by atoms with Crippen molar-refractivity contribution in [1.29, 1.82) is 0 Å². The van der Waals surface area contributed by atoms with E-state index in [0.29, 0.717) is 0 Å². The van der Waals surface area contributed by atoms with Gasteiger partial charge in [-0.25, -0.2) is 0 Å². The summed E-state index contributed by atoms with van der Waals surface area (Å²) in [6.07, 6.45) is 0. The number of thiophene rings is 1. The van der Waals surface area contributed by atoms with Crippen molar-refractivity contribution in [3.63, 3.8) is 0 Å². The van der Waals surface area contributed by atoms with Crippen LogP contribution in [-0.4, -0.2) is 0 Å². The molecule has 0 aliphatic heterocycles. The van der Waals surface area contributed by atoms with Crippen molar-refractivity contribution in [1.82, 2.24) is 0 Å². The molecular formula is C13H10Br3ClS. The molecule has 18 heavy (non-hydrogen) atoms. The SMILES string of the molecule is Cc1cc(Br)c(C(Br)c2scc(C)c2Cl)cc1Br. The second-order valence-electron chi connectivity index (χ2n) is 4.08. The first-order chi connectivity index (χ1) is 8.41. The molecule has 0 amide bonds. The summed E-state index contributed by atoms with van der Waals surface area (Å²) in [5.41, 5.74) is 3.51. The average molecular weight is 473 g/mol. The highest BCUT2D eigenvalue weighted by Crippen LogP contribution is 2.44. The van der Waals surface area contributed by atoms with E-state index in [0.717, 1.165) is 24.4 Å². The highest BCUT2D eigenvalue weighted by atomic mass is 79.9. The second-order valence-corrected chi connectivity index (χ2v) is 8.00. The summed E-state index contributed by atoms with van der Waals surface area (Å²) >= 11 is 19.0. The lowest BCUT2D eigenvalue weighted by Crippen LogP contribution is -1.94. The molecule has 0 N–H and O–H groups in total. The van der Waals surface area contributed by atoms with Gasteiger partial charge in [0.2, 0.25) is 0 Å². The van der Waals surface area contributed by atoms with Gasteiger partial charge in [0.25, 0.3) is 0 Å². The standard InChI is InChI=1S/C13H10Br3ClS/c1-6-3-10(15)8(4-9(6)14)11(16)13-12(17)7(2)5-18-13/h3-5,11H,1-2H3. The molecule has 1 heterocycles. The molecular weight excluding hydrogens is 463 g/mol. The fraction of sp³-hybridized carbons (Fsp3) is 0.231. The summed E-state index contributed by atoms with van der Waals surface area (Å²) in [6, 6.07) is 4.24. The van der Waals surface area contributed by atoms with Crippen LogP contribution >= 0.6 is 70.7 Å². The van der Waals surface area contributed by atoms with Crippen LogP contribution in [0.3, 0.4) is 0 Å². The molecule has 0 nitrogen and oxygen atoms in total. The van der Waals surface area contributed by atoms with Crippen LogP contribution in [0.4, 0.5) is 0 Å². The van der Waals surface area contributed by atoms with E-state index in [1.165, 1.54) is 11.1 Å². The summed E-state index contributed by atoms with van der Waals surface area (Å²) < 4.78 is 2.20. The monoisotopic (exact) mass is 470 g/mol. The molecule has 0 saturated carbocycles. The van der Waals surface area contributed by atoms with Gasteiger partial charge in [-0.2, -0.15) is 0 Å². The van der Waals surface area contributed by atoms with Crippen molar-refractivity contribution in [2.45, 2.75) is 18.7 Å². The minimum Gasteiger partial charge on any atom is -0.145 e. The summed E-state index contributed by atoms with van der Waals surface area (Å²) in [7, 11) is 0. The van der Waals surface area contributed by atoms with Crippen molar-refractivity contribution in [2.75, 3.05) is 0 Å². The Morgan fingerprint density at radius 2 is 1.78 bits per heavy atom. The molecule has 1 aromatic heterocycles. The number of aryl methyl sites for hydroxylation is 2. The molecule has 2 rings (SSSR count). The van der Waals surface area contributed by atoms with E-state index < -0.39 is 0 Å². The molecule has 0 aliphatic carbocycles. The zero-order chi connectivity index (χ0) is 13.4. The molecule has 0 fully saturated rings. The zero-order valence-electron chi connectivity index (χ0n) is 9.73. The van der Waals surface area contributed by atoms with Crippen molar-refractivity contribution in [3.8, 4) is 0 Å². The molecule has 1 unspecified atom stereocenters. The molecule has 96 valence electrons. The fourth-order valence-electron chi connectivity index (χ4n) is 1.62. The lowest BCUT2D eigenvalue weighted by Gasteiger charge is -2.13. The first-order valence-corrected chi connectivity index (χ1v) is 9.01. The molecule has 5 heteroatoms. The van der Waals surface area contributed by atoms with Gasteiger partial charge in [0.1, 0.15) is 0 Å². The Morgan fingerprint density at radius 3 is 2.33 bits per heavy atom. The van der Waals surface area contributed by atoms with E-state index >= 15 is 0 Å². The first-order valence-electron chi connectivity index (χ1n) is 5.25. The number of benzene rings is 1. The maximum Gasteiger partial charge on any atom is 0.0764 e. The molecule has 0 radical (unpaired) electrons. The largest absolute Gasteiger partial charge is 0.145 e. The molecule has 0 aliphatic rings. The van der Waals surface area contributed by atoms with Crippen LogP contribution in [0.25, 0.3) is 0 Å². The third kappa shape index (κ3) is 2.88. The van der Waals surface area contributed by atoms with Crippen LogP contribution < -0.4 is 0 Å². The maximum absolute atomic E-state index is 6.33. The Balaban J connectivity index is 2.49. The Kier molecular flexibility index (Phi) is 4.98. The molecule has 0 saturated heterocycles. The lowest BCUT2D eigenvalue weighted by molar-refractivity contribution is 1.18. The van der Waals surface area contributed by atoms with Crippen LogP contribution in [0.5, 0.6) is 0 Å². The molecule has 1 atom stereocenters. The van der Waals surface area contributed by atoms with Gasteiger partial charge in [-0.3, -0.25) is 0 Å². The highest BCUT2D eigenvalue weighted by Gasteiger charge is 2.20. The zero-order valence-corrected chi connectivity index (χ0v) is 16.1. The topological polar surface area (TPSA) is 0 Å². The summed E-state index contributed by atoms with van der Waals surface area (Å²) in [4.78, 5) is 1.25. The van der Waals surface area contributed by atoms with E-state index in [4.69, 9.17) is 11.6 Å². The Morgan fingerprint density at radius 1 is 1.11 bits per heavy atom. The summed E-state index contributed by atoms with van der Waals surface area (Å²) in [5.74, 6) is 0. The lowest BCUT2D eigenvalue weighted by atomic mass is 10.1.